The summed E-state index contributed by atoms with van der Waals surface area (Å²) in [7, 11) is 0. The first-order chi connectivity index (χ1) is 15.5. The lowest BCUT2D eigenvalue weighted by Crippen LogP contribution is -2.09. The number of aryl methyl sites for hydroxylation is 2. The van der Waals surface area contributed by atoms with Gasteiger partial charge in [-0.25, -0.2) is 19.0 Å². The van der Waals surface area contributed by atoms with E-state index in [1.54, 1.807) is 12.1 Å². The van der Waals surface area contributed by atoms with Crippen molar-refractivity contribution in [2.45, 2.75) is 37.5 Å². The number of carboxylic acid groups (broad SMARTS) is 2. The van der Waals surface area contributed by atoms with Crippen molar-refractivity contribution in [3.8, 4) is 0 Å². The third-order valence-electron chi connectivity index (χ3n) is 4.64. The first kappa shape index (κ1) is 25.1. The Morgan fingerprint density at radius 3 is 2.28 bits per heavy atom. The van der Waals surface area contributed by atoms with Gasteiger partial charge in [0, 0.05) is 24.2 Å². The number of aromatic nitrogens is 2. The summed E-state index contributed by atoms with van der Waals surface area (Å²) in [6.45, 7) is 0.974. The summed E-state index contributed by atoms with van der Waals surface area (Å²) in [5, 5.41) is 15.2. The average molecular weight is 459 g/mol. The van der Waals surface area contributed by atoms with Crippen LogP contribution in [0.5, 0.6) is 0 Å². The van der Waals surface area contributed by atoms with E-state index in [4.69, 9.17) is 19.8 Å². The fraction of sp³-hybridized carbons (Fsp3) is 0.292. The summed E-state index contributed by atoms with van der Waals surface area (Å²) >= 11 is 1.99. The summed E-state index contributed by atoms with van der Waals surface area (Å²) in [4.78, 5) is 22.3. The second-order valence-electron chi connectivity index (χ2n) is 7.05. The van der Waals surface area contributed by atoms with E-state index in [9.17, 15) is 4.39 Å². The van der Waals surface area contributed by atoms with Crippen LogP contribution in [0.3, 0.4) is 0 Å². The van der Waals surface area contributed by atoms with Gasteiger partial charge in [0.1, 0.15) is 5.82 Å². The minimum Gasteiger partial charge on any atom is -0.473 e. The van der Waals surface area contributed by atoms with E-state index >= 15 is 0 Å². The van der Waals surface area contributed by atoms with Gasteiger partial charge in [0.25, 0.3) is 0 Å². The molecule has 0 aliphatic rings. The summed E-state index contributed by atoms with van der Waals surface area (Å²) < 4.78 is 15.4. The van der Waals surface area contributed by atoms with Crippen LogP contribution in [-0.4, -0.2) is 37.5 Å². The van der Waals surface area contributed by atoms with Crippen LogP contribution in [0.1, 0.15) is 35.6 Å². The van der Waals surface area contributed by atoms with Gasteiger partial charge in [-0.3, -0.25) is 0 Å². The zero-order valence-corrected chi connectivity index (χ0v) is 18.5. The Bertz CT molecular complexity index is 922. The normalized spacial score (nSPS) is 11.3. The average Bonchev–Trinajstić information content (AvgIpc) is 3.31. The Morgan fingerprint density at radius 1 is 1.00 bits per heavy atom. The van der Waals surface area contributed by atoms with Crippen molar-refractivity contribution < 1.29 is 24.2 Å². The number of hydrogen-bond donors (Lipinski definition) is 2. The number of aliphatic carboxylic acids is 2. The van der Waals surface area contributed by atoms with Crippen molar-refractivity contribution in [3.63, 3.8) is 0 Å². The number of carbonyl (C=O) groups is 2. The largest absolute Gasteiger partial charge is 0.473 e. The molecule has 0 radical (unpaired) electrons. The van der Waals surface area contributed by atoms with Crippen LogP contribution in [0.25, 0.3) is 0 Å². The highest BCUT2D eigenvalue weighted by Gasteiger charge is 2.12. The monoisotopic (exact) mass is 458 g/mol. The Kier molecular flexibility index (Phi) is 11.0. The summed E-state index contributed by atoms with van der Waals surface area (Å²) in [6, 6.07) is 17.6. The first-order valence-electron chi connectivity index (χ1n) is 10.3. The maximum absolute atomic E-state index is 13.3. The van der Waals surface area contributed by atoms with Crippen LogP contribution in [0.15, 0.2) is 73.3 Å². The number of rotatable bonds is 10. The molecular weight excluding hydrogens is 431 g/mol. The van der Waals surface area contributed by atoms with Crippen LogP contribution >= 0.6 is 11.8 Å². The highest BCUT2D eigenvalue weighted by atomic mass is 32.2. The minimum atomic E-state index is -1.82. The number of imidazole rings is 1. The van der Waals surface area contributed by atoms with Gasteiger partial charge < -0.3 is 14.8 Å². The van der Waals surface area contributed by atoms with E-state index < -0.39 is 11.9 Å². The smallest absolute Gasteiger partial charge is 0.414 e. The molecule has 3 aromatic rings. The zero-order chi connectivity index (χ0) is 23.2. The molecule has 2 aromatic carbocycles. The van der Waals surface area contributed by atoms with Gasteiger partial charge in [0.15, 0.2) is 0 Å². The van der Waals surface area contributed by atoms with E-state index in [1.807, 2.05) is 42.6 Å². The molecule has 1 aromatic heterocycles. The van der Waals surface area contributed by atoms with Crippen LogP contribution in [0.2, 0.25) is 0 Å². The number of hydrogen-bond acceptors (Lipinski definition) is 4. The minimum absolute atomic E-state index is 0.167. The molecule has 170 valence electrons. The number of halogens is 1. The standard InChI is InChI=1S/C22H25FN2S.C2H2O4/c23-21-12-10-20(11-13-21)22(9-4-15-25-16-14-24-18-25)26-17-5-8-19-6-2-1-3-7-19;3-1(4)2(5)6/h1-3,6-7,10-14,16,18,22H,4-5,8-9,15,17H2;(H,3,4)(H,5,6). The molecule has 2 N–H and O–H groups in total. The van der Waals surface area contributed by atoms with Gasteiger partial charge in [0.05, 0.1) is 6.33 Å². The third-order valence-corrected chi connectivity index (χ3v) is 6.07. The lowest BCUT2D eigenvalue weighted by molar-refractivity contribution is -0.159. The van der Waals surface area contributed by atoms with E-state index in [2.05, 4.69) is 39.9 Å². The SMILES string of the molecule is Fc1ccc(C(CCCn2ccnc2)SCCCc2ccccc2)cc1.O=C(O)C(=O)O. The Labute approximate surface area is 191 Å². The summed E-state index contributed by atoms with van der Waals surface area (Å²) in [6.07, 6.45) is 10.1. The molecule has 3 rings (SSSR count). The number of thioether (sulfide) groups is 1. The van der Waals surface area contributed by atoms with Gasteiger partial charge in [-0.05, 0) is 54.7 Å². The molecule has 0 aliphatic carbocycles. The summed E-state index contributed by atoms with van der Waals surface area (Å²) in [5.74, 6) is -2.70. The molecule has 1 unspecified atom stereocenters. The Hall–Kier alpha value is -3.13. The number of nitrogens with zero attached hydrogens (tertiary/aromatic N) is 2. The van der Waals surface area contributed by atoms with Gasteiger partial charge in [-0.15, -0.1) is 0 Å². The molecule has 0 saturated carbocycles. The van der Waals surface area contributed by atoms with Crippen LogP contribution in [0, 0.1) is 5.82 Å². The van der Waals surface area contributed by atoms with Crippen molar-refractivity contribution in [2.75, 3.05) is 5.75 Å². The molecule has 32 heavy (non-hydrogen) atoms. The van der Waals surface area contributed by atoms with Gasteiger partial charge in [0.2, 0.25) is 0 Å². The van der Waals surface area contributed by atoms with E-state index in [0.717, 1.165) is 38.0 Å². The number of carboxylic acids is 2. The van der Waals surface area contributed by atoms with Crippen molar-refractivity contribution in [1.29, 1.82) is 0 Å². The molecular formula is C24H27FN2O4S. The van der Waals surface area contributed by atoms with E-state index in [-0.39, 0.29) is 5.82 Å². The molecule has 0 saturated heterocycles. The van der Waals surface area contributed by atoms with Crippen LogP contribution in [-0.2, 0) is 22.6 Å². The first-order valence-corrected chi connectivity index (χ1v) is 11.3. The Morgan fingerprint density at radius 2 is 1.69 bits per heavy atom. The van der Waals surface area contributed by atoms with Crippen molar-refractivity contribution >= 4 is 23.7 Å². The topological polar surface area (TPSA) is 92.4 Å². The second kappa shape index (κ2) is 14.0. The van der Waals surface area contributed by atoms with Gasteiger partial charge >= 0.3 is 11.9 Å². The van der Waals surface area contributed by atoms with Crippen LogP contribution < -0.4 is 0 Å². The molecule has 8 heteroatoms. The fourth-order valence-corrected chi connectivity index (χ4v) is 4.33. The molecule has 0 fully saturated rings. The zero-order valence-electron chi connectivity index (χ0n) is 17.6. The lowest BCUT2D eigenvalue weighted by atomic mass is 10.1. The van der Waals surface area contributed by atoms with Crippen molar-refractivity contribution in [1.82, 2.24) is 9.55 Å². The lowest BCUT2D eigenvalue weighted by Gasteiger charge is -2.17. The highest BCUT2D eigenvalue weighted by Crippen LogP contribution is 2.34. The highest BCUT2D eigenvalue weighted by molar-refractivity contribution is 7.99. The quantitative estimate of drug-likeness (QED) is 0.326. The molecule has 0 spiro atoms. The van der Waals surface area contributed by atoms with Crippen molar-refractivity contribution in [2.24, 2.45) is 0 Å². The van der Waals surface area contributed by atoms with Gasteiger partial charge in [-0.1, -0.05) is 42.5 Å². The van der Waals surface area contributed by atoms with E-state index in [1.165, 1.54) is 11.1 Å². The van der Waals surface area contributed by atoms with Crippen LogP contribution in [0.4, 0.5) is 4.39 Å². The third kappa shape index (κ3) is 9.78. The maximum atomic E-state index is 13.3. The molecule has 0 amide bonds. The predicted molar refractivity (Wildman–Crippen MR) is 123 cm³/mol. The molecule has 0 bridgehead atoms. The summed E-state index contributed by atoms with van der Waals surface area (Å²) in [5.41, 5.74) is 2.62. The second-order valence-corrected chi connectivity index (χ2v) is 8.36. The molecule has 1 heterocycles. The fourth-order valence-electron chi connectivity index (χ4n) is 3.05. The van der Waals surface area contributed by atoms with Gasteiger partial charge in [-0.2, -0.15) is 11.8 Å². The number of benzene rings is 2. The van der Waals surface area contributed by atoms with E-state index in [0.29, 0.717) is 5.25 Å². The molecule has 0 aliphatic heterocycles. The Balaban J connectivity index is 0.000000534. The van der Waals surface area contributed by atoms with Crippen molar-refractivity contribution in [3.05, 3.63) is 90.3 Å². The molecule has 6 nitrogen and oxygen atoms in total. The predicted octanol–water partition coefficient (Wildman–Crippen LogP) is 5.07. The molecule has 1 atom stereocenters. The maximum Gasteiger partial charge on any atom is 0.414 e.